The summed E-state index contributed by atoms with van der Waals surface area (Å²) in [5.41, 5.74) is 7.39. The van der Waals surface area contributed by atoms with E-state index in [-0.39, 0.29) is 89.9 Å². The molecule has 0 spiro atoms. The van der Waals surface area contributed by atoms with E-state index in [1.54, 1.807) is 58.9 Å². The van der Waals surface area contributed by atoms with Gasteiger partial charge in [0.2, 0.25) is 30.2 Å². The van der Waals surface area contributed by atoms with Crippen LogP contribution >= 0.6 is 0 Å². The van der Waals surface area contributed by atoms with Crippen LogP contribution in [0.3, 0.4) is 0 Å². The number of rotatable bonds is 50. The third kappa shape index (κ3) is 31.9. The molecule has 4 aliphatic heterocycles. The maximum absolute atomic E-state index is 13.4. The van der Waals surface area contributed by atoms with Crippen LogP contribution in [0.5, 0.6) is 11.5 Å². The first kappa shape index (κ1) is 119. The highest BCUT2D eigenvalue weighted by Gasteiger charge is 2.45. The van der Waals surface area contributed by atoms with Crippen LogP contribution in [0.25, 0.3) is 23.3 Å². The Kier molecular flexibility index (Phi) is 43.7. The summed E-state index contributed by atoms with van der Waals surface area (Å²) in [6.07, 6.45) is -6.99. The van der Waals surface area contributed by atoms with Gasteiger partial charge in [-0.3, -0.25) is 43.2 Å². The van der Waals surface area contributed by atoms with Crippen molar-refractivity contribution in [3.05, 3.63) is 116 Å². The zero-order valence-electron chi connectivity index (χ0n) is 85.0. The smallest absolute Gasteiger partial charge is 0.347 e. The molecule has 10 rings (SSSR count). The molecular formula is C95H129N13O35S4. The maximum atomic E-state index is 13.4. The quantitative estimate of drug-likeness (QED) is 0.00753. The summed E-state index contributed by atoms with van der Waals surface area (Å²) in [6, 6.07) is 10.3. The van der Waals surface area contributed by atoms with Crippen LogP contribution in [0, 0.1) is 27.7 Å². The van der Waals surface area contributed by atoms with Crippen LogP contribution in [0.4, 0.5) is 11.4 Å². The normalized spacial score (nSPS) is 16.8. The summed E-state index contributed by atoms with van der Waals surface area (Å²) >= 11 is 0. The number of carboxylic acids is 1. The van der Waals surface area contributed by atoms with Gasteiger partial charge in [-0.1, -0.05) is 41.5 Å². The van der Waals surface area contributed by atoms with Gasteiger partial charge < -0.3 is 113 Å². The Morgan fingerprint density at radius 2 is 0.864 bits per heavy atom. The number of amides is 4. The number of hydrogen-bond donors (Lipinski definition) is 10. The van der Waals surface area contributed by atoms with Crippen molar-refractivity contribution in [1.29, 1.82) is 0 Å². The van der Waals surface area contributed by atoms with Crippen molar-refractivity contribution in [2.24, 2.45) is 5.14 Å². The number of H-pyrrole nitrogens is 2. The number of nitrogens with zero attached hydrogens (tertiary/aromatic N) is 4. The SMILES string of the molecule is CCN(CC)CCNC(=O)c1c(C)[nH]c(/C=C2\C(=O)Nc3ccc(OC(=O)CCC(=O)O[C@@H](C)C(=O)O[C@H](C)C(=O)O[C@H](C)C(=O)O)cc32)c1C.CCN[C@H]1CN(CCCOC)S(=O)(=O)c2oc(S(=O)(=O)CC(=O)[C@H](C)OC(=O)[C@@H](C)OC(=O)[C@@H](C)OC(=O)CCC(=O)Oc3ccc4c(c3)/C(=C/c3[nH]c(C)c(C(=O)NCCN(CC)CC)c3C)C(=O)N4)cc21.CCN[C@H]1CN(CCCOC)S(=O)(=O)c2oc(S(N)(=O)=O)cc21. The Morgan fingerprint density at radius 3 is 1.22 bits per heavy atom. The van der Waals surface area contributed by atoms with Gasteiger partial charge in [-0.05, 0) is 181 Å². The molecule has 0 radical (unpaired) electrons. The third-order valence-electron chi connectivity index (χ3n) is 23.6. The molecule has 4 aromatic heterocycles. The Hall–Kier alpha value is -12.7. The van der Waals surface area contributed by atoms with Gasteiger partial charge in [-0.2, -0.15) is 8.61 Å². The average Bonchev–Trinajstić information content (AvgIpc) is 1.59. The van der Waals surface area contributed by atoms with E-state index in [2.05, 4.69) is 70.3 Å². The molecule has 4 amide bonds. The molecule has 4 aliphatic rings. The van der Waals surface area contributed by atoms with E-state index in [9.17, 15) is 101 Å². The summed E-state index contributed by atoms with van der Waals surface area (Å²) in [7, 11) is -13.9. The predicted molar refractivity (Wildman–Crippen MR) is 527 cm³/mol. The van der Waals surface area contributed by atoms with E-state index >= 15 is 0 Å². The molecule has 808 valence electrons. The molecule has 0 saturated carbocycles. The lowest BCUT2D eigenvalue weighted by Gasteiger charge is -2.31. The summed E-state index contributed by atoms with van der Waals surface area (Å²) in [4.78, 5) is 187. The number of carbonyl (C=O) groups is 14. The molecule has 11 N–H and O–H groups in total. The molecule has 147 heavy (non-hydrogen) atoms. The number of hydrogen-bond acceptors (Lipinski definition) is 38. The molecule has 8 heterocycles. The number of methoxy groups -OCH3 is 2. The number of carbonyl (C=O) groups excluding carboxylic acids is 13. The maximum Gasteiger partial charge on any atom is 0.347 e. The van der Waals surface area contributed by atoms with Crippen LogP contribution in [-0.4, -0.2) is 312 Å². The number of aliphatic carboxylic acids is 1. The van der Waals surface area contributed by atoms with E-state index in [0.29, 0.717) is 125 Å². The van der Waals surface area contributed by atoms with E-state index in [1.807, 2.05) is 20.8 Å². The number of nitrogens with two attached hydrogens (primary N) is 1. The van der Waals surface area contributed by atoms with Crippen LogP contribution in [0.1, 0.15) is 211 Å². The lowest BCUT2D eigenvalue weighted by Crippen LogP contribution is -2.44. The summed E-state index contributed by atoms with van der Waals surface area (Å²) in [6.45, 7) is 33.9. The Morgan fingerprint density at radius 1 is 0.510 bits per heavy atom. The second kappa shape index (κ2) is 53.7. The standard InChI is InChI=1S/C48H64N6O17S2.C35H44N4O12.C12H21N3O6S2/c1-10-49-38-25-54(19-13-21-66-9)73(64,65)48-35(38)24-42(71-48)72(62,63)26-39(55)29(6)68-47(61)31(8)69-46(60)30(7)67-40(56)16-17-41(57)70-32-14-15-36-33(22-32)34(44(58)52-36)23-37-27(4)43(28(5)51-37)45(59)50-18-20-53(11-2)12-3;1-8-39(9-2)15-14-36-32(43)30-18(3)27(37-19(30)4)17-25-24-16-23(10-11-26(24)38-31(25)42)51-29(41)13-12-28(40)48-21(6)34(46)50-22(7)35(47)49-20(5)33(44)45;1-3-14-10-8-15(5-4-6-20-2)23(18,19)12-9(10)7-11(21-12)22(13,16)17/h14-15,22-24,29-31,38,49,51H,10-13,16-21,25-26H2,1-9H3,(H,50,59)(H,52,58);10-11,16-17,20-22,37H,8-9,12-15H2,1-7H3,(H,36,43)(H,38,42)(H,44,45);7,10,14H,3-6,8H2,1-2H3,(H2,13,16,17)/b34-23-;25-17-;/t29-,30+,31+,38-;20-,21+,22-;10-/m010/s1. The second-order valence-electron chi connectivity index (χ2n) is 34.2. The summed E-state index contributed by atoms with van der Waals surface area (Å²) < 4.78 is 165. The van der Waals surface area contributed by atoms with Crippen LogP contribution < -0.4 is 46.5 Å². The van der Waals surface area contributed by atoms with Gasteiger partial charge in [-0.15, -0.1) is 0 Å². The molecule has 0 saturated heterocycles. The number of carboxylic acid groups (broad SMARTS) is 1. The third-order valence-corrected chi connectivity index (χ3v) is 29.4. The molecule has 8 atom stereocenters. The Bertz CT molecular complexity index is 6410. The number of likely N-dealkylation sites (N-methyl/N-ethyl adjacent to an activating group) is 4. The molecule has 0 fully saturated rings. The van der Waals surface area contributed by atoms with Crippen molar-refractivity contribution in [3.8, 4) is 11.5 Å². The number of primary sulfonamides is 1. The first-order valence-corrected chi connectivity index (χ1v) is 53.4. The van der Waals surface area contributed by atoms with Crippen molar-refractivity contribution in [1.82, 2.24) is 49.6 Å². The van der Waals surface area contributed by atoms with Gasteiger partial charge in [0.05, 0.1) is 60.0 Å². The molecule has 52 heteroatoms. The van der Waals surface area contributed by atoms with E-state index in [1.165, 1.54) is 55.8 Å². The highest BCUT2D eigenvalue weighted by molar-refractivity contribution is 7.92. The fraction of sp³-hybridized carbons (Fsp3) is 0.516. The zero-order chi connectivity index (χ0) is 109. The molecule has 0 aliphatic carbocycles. The number of aromatic amines is 2. The molecule has 0 unspecified atom stereocenters. The van der Waals surface area contributed by atoms with Crippen LogP contribution in [-0.2, 0) is 135 Å². The van der Waals surface area contributed by atoms with Crippen molar-refractivity contribution in [2.75, 3.05) is 135 Å². The van der Waals surface area contributed by atoms with Gasteiger partial charge in [-0.25, -0.2) is 62.8 Å². The largest absolute Gasteiger partial charge is 0.479 e. The van der Waals surface area contributed by atoms with Gasteiger partial charge in [0.15, 0.2) is 42.4 Å². The number of benzene rings is 2. The number of ether oxygens (including phenoxy) is 10. The summed E-state index contributed by atoms with van der Waals surface area (Å²) in [5.74, 6) is -13.0. The minimum absolute atomic E-state index is 0.000671. The minimum Gasteiger partial charge on any atom is -0.479 e. The van der Waals surface area contributed by atoms with Gasteiger partial charge in [0.1, 0.15) is 17.3 Å². The average molecular weight is 2140 g/mol. The van der Waals surface area contributed by atoms with Crippen molar-refractivity contribution in [3.63, 3.8) is 0 Å². The van der Waals surface area contributed by atoms with Gasteiger partial charge in [0.25, 0.3) is 53.7 Å². The van der Waals surface area contributed by atoms with E-state index in [0.717, 1.165) is 77.7 Å². The number of aryl methyl sites for hydroxylation is 2. The Labute approximate surface area is 851 Å². The number of nitrogens with one attached hydrogen (secondary N) is 8. The number of fused-ring (bicyclic) bond motifs is 4. The fourth-order valence-electron chi connectivity index (χ4n) is 15.5. The number of esters is 8. The van der Waals surface area contributed by atoms with E-state index < -0.39 is 195 Å². The highest BCUT2D eigenvalue weighted by Crippen LogP contribution is 2.42. The number of furan rings is 2. The van der Waals surface area contributed by atoms with Crippen LogP contribution in [0.2, 0.25) is 0 Å². The fourth-order valence-corrected chi connectivity index (χ4v) is 20.7. The van der Waals surface area contributed by atoms with Gasteiger partial charge in [0, 0.05) is 148 Å². The zero-order valence-corrected chi connectivity index (χ0v) is 88.2. The monoisotopic (exact) mass is 2140 g/mol. The lowest BCUT2D eigenvalue weighted by atomic mass is 10.0. The Balaban J connectivity index is 0.000000306. The minimum atomic E-state index is -4.60. The number of Topliss-reactive ketones (excluding diaryl/α,β-unsaturated/α-hetero) is 1. The highest BCUT2D eigenvalue weighted by atomic mass is 32.2. The van der Waals surface area contributed by atoms with Crippen molar-refractivity contribution in [2.45, 2.75) is 218 Å². The van der Waals surface area contributed by atoms with Gasteiger partial charge >= 0.3 is 53.7 Å². The topological polar surface area (TPSA) is 657 Å². The molecule has 0 bridgehead atoms. The number of sulfone groups is 1. The molecule has 6 aromatic rings. The first-order valence-electron chi connectivity index (χ1n) is 47.3. The molecular weight excluding hydrogens is 2010 g/mol. The number of anilines is 2. The van der Waals surface area contributed by atoms with E-state index in [4.69, 9.17) is 61.7 Å². The molecule has 48 nitrogen and oxygen atoms in total. The number of ketones is 1. The van der Waals surface area contributed by atoms with Crippen LogP contribution in [0.15, 0.2) is 77.7 Å². The lowest BCUT2D eigenvalue weighted by molar-refractivity contribution is -0.181. The van der Waals surface area contributed by atoms with Crippen molar-refractivity contribution < 1.29 is 162 Å². The first-order chi connectivity index (χ1) is 69.2. The predicted octanol–water partition coefficient (Wildman–Crippen LogP) is 5.38. The number of sulfonamides is 3. The summed E-state index contributed by atoms with van der Waals surface area (Å²) in [5, 5.41) is 29.3. The molecule has 2 aromatic carbocycles. The second-order valence-corrected chi connectivity index (χ2v) is 41.3. The number of aromatic nitrogens is 2. The van der Waals surface area contributed by atoms with Crippen molar-refractivity contribution >= 4 is 158 Å².